The Labute approximate surface area is 256 Å². The number of amides is 1. The van der Waals surface area contributed by atoms with Gasteiger partial charge in [0.1, 0.15) is 11.5 Å². The van der Waals surface area contributed by atoms with Crippen LogP contribution in [0.1, 0.15) is 55.3 Å². The first kappa shape index (κ1) is 32.1. The third-order valence-corrected chi connectivity index (χ3v) is 7.43. The number of hydrogen-bond donors (Lipinski definition) is 2. The van der Waals surface area contributed by atoms with E-state index in [-0.39, 0.29) is 37.4 Å². The van der Waals surface area contributed by atoms with Gasteiger partial charge in [0.2, 0.25) is 0 Å². The summed E-state index contributed by atoms with van der Waals surface area (Å²) >= 11 is 0. The minimum absolute atomic E-state index is 0.0447. The van der Waals surface area contributed by atoms with Crippen molar-refractivity contribution in [2.75, 3.05) is 12.0 Å². The van der Waals surface area contributed by atoms with Crippen molar-refractivity contribution in [3.63, 3.8) is 0 Å². The van der Waals surface area contributed by atoms with Crippen molar-refractivity contribution in [1.29, 1.82) is 5.26 Å². The summed E-state index contributed by atoms with van der Waals surface area (Å²) in [6.07, 6.45) is 0.189. The molecule has 0 spiro atoms. The first-order valence-corrected chi connectivity index (χ1v) is 14.5. The Kier molecular flexibility index (Phi) is 10.7. The standard InChI is InChI=1S/C35H36FN3O5/c1-23(2)39-30(19-18-28(40)20-29(41)21-31(42)44-3)32(25-14-16-26(36)17-15-25)33(24-10-6-4-7-11-24)34(39)35(43)38(22-37)27-12-8-5-9-13-27/h4-17,23,28-29,40-41H,18-21H2,1-3H3. The molecule has 2 atom stereocenters. The van der Waals surface area contributed by atoms with Gasteiger partial charge in [-0.05, 0) is 68.5 Å². The van der Waals surface area contributed by atoms with Crippen molar-refractivity contribution in [1.82, 2.24) is 4.57 Å². The maximum absolute atomic E-state index is 14.5. The number of rotatable bonds is 12. The van der Waals surface area contributed by atoms with Crippen molar-refractivity contribution < 1.29 is 28.9 Å². The Bertz CT molecular complexity index is 1610. The molecule has 4 aromatic rings. The first-order valence-electron chi connectivity index (χ1n) is 14.5. The lowest BCUT2D eigenvalue weighted by atomic mass is 9.92. The Morgan fingerprint density at radius 1 is 0.909 bits per heavy atom. The molecule has 0 radical (unpaired) electrons. The highest BCUT2D eigenvalue weighted by atomic mass is 19.1. The van der Waals surface area contributed by atoms with Gasteiger partial charge in [-0.2, -0.15) is 5.26 Å². The largest absolute Gasteiger partial charge is 0.469 e. The number of carbonyl (C=O) groups excluding carboxylic acids is 2. The number of nitriles is 1. The number of ether oxygens (including phenoxy) is 1. The average molecular weight is 598 g/mol. The topological polar surface area (TPSA) is 116 Å². The summed E-state index contributed by atoms with van der Waals surface area (Å²) in [6.45, 7) is 3.86. The van der Waals surface area contributed by atoms with Crippen LogP contribution in [0.3, 0.4) is 0 Å². The van der Waals surface area contributed by atoms with Gasteiger partial charge in [-0.1, -0.05) is 60.7 Å². The number of carbonyl (C=O) groups is 2. The van der Waals surface area contributed by atoms with Crippen LogP contribution in [0.4, 0.5) is 10.1 Å². The quantitative estimate of drug-likeness (QED) is 0.113. The molecule has 1 aromatic heterocycles. The Balaban J connectivity index is 1.93. The molecule has 2 unspecified atom stereocenters. The predicted molar refractivity (Wildman–Crippen MR) is 166 cm³/mol. The van der Waals surface area contributed by atoms with Crippen LogP contribution in [0, 0.1) is 17.3 Å². The molecule has 0 saturated carbocycles. The number of aliphatic hydroxyl groups excluding tert-OH is 2. The molecule has 3 aromatic carbocycles. The zero-order chi connectivity index (χ0) is 31.8. The molecule has 4 rings (SSSR count). The van der Waals surface area contributed by atoms with E-state index in [0.29, 0.717) is 28.1 Å². The number of esters is 1. The van der Waals surface area contributed by atoms with E-state index in [1.54, 1.807) is 42.5 Å². The molecule has 0 fully saturated rings. The van der Waals surface area contributed by atoms with E-state index in [9.17, 15) is 29.5 Å². The Morgan fingerprint density at radius 3 is 2.07 bits per heavy atom. The molecule has 228 valence electrons. The van der Waals surface area contributed by atoms with Crippen molar-refractivity contribution in [3.05, 3.63) is 102 Å². The summed E-state index contributed by atoms with van der Waals surface area (Å²) < 4.78 is 20.6. The number of anilines is 1. The molecule has 0 aliphatic heterocycles. The van der Waals surface area contributed by atoms with Crippen molar-refractivity contribution in [3.8, 4) is 28.4 Å². The number of halogens is 1. The third kappa shape index (κ3) is 7.22. The summed E-state index contributed by atoms with van der Waals surface area (Å²) in [5, 5.41) is 31.4. The van der Waals surface area contributed by atoms with E-state index in [2.05, 4.69) is 4.74 Å². The maximum Gasteiger partial charge on any atom is 0.308 e. The minimum atomic E-state index is -1.09. The molecule has 0 bridgehead atoms. The summed E-state index contributed by atoms with van der Waals surface area (Å²) in [5.41, 5.74) is 4.07. The highest BCUT2D eigenvalue weighted by Crippen LogP contribution is 2.43. The van der Waals surface area contributed by atoms with Gasteiger partial charge in [0.05, 0.1) is 31.4 Å². The molecule has 1 heterocycles. The number of para-hydroxylation sites is 1. The SMILES string of the molecule is COC(=O)CC(O)CC(O)CCc1c(-c2ccc(F)cc2)c(-c2ccccc2)c(C(=O)N(C#N)c2ccccc2)n1C(C)C. The number of nitrogens with zero attached hydrogens (tertiary/aromatic N) is 3. The van der Waals surface area contributed by atoms with Crippen LogP contribution in [0.25, 0.3) is 22.3 Å². The van der Waals surface area contributed by atoms with E-state index in [1.807, 2.05) is 54.9 Å². The lowest BCUT2D eigenvalue weighted by molar-refractivity contribution is -0.143. The Hall–Kier alpha value is -4.78. The number of hydrogen-bond acceptors (Lipinski definition) is 6. The molecular weight excluding hydrogens is 561 g/mol. The second kappa shape index (κ2) is 14.6. The second-order valence-electron chi connectivity index (χ2n) is 10.8. The van der Waals surface area contributed by atoms with E-state index in [1.165, 1.54) is 19.2 Å². The van der Waals surface area contributed by atoms with E-state index in [0.717, 1.165) is 10.5 Å². The summed E-state index contributed by atoms with van der Waals surface area (Å²) in [4.78, 5) is 27.1. The van der Waals surface area contributed by atoms with Gasteiger partial charge in [-0.15, -0.1) is 0 Å². The van der Waals surface area contributed by atoms with Crippen LogP contribution in [0.5, 0.6) is 0 Å². The highest BCUT2D eigenvalue weighted by Gasteiger charge is 2.33. The molecule has 2 N–H and O–H groups in total. The molecule has 8 nitrogen and oxygen atoms in total. The molecule has 0 aliphatic rings. The van der Waals surface area contributed by atoms with E-state index >= 15 is 0 Å². The summed E-state index contributed by atoms with van der Waals surface area (Å²) in [6, 6.07) is 23.8. The maximum atomic E-state index is 14.5. The van der Waals surface area contributed by atoms with Crippen LogP contribution in [-0.4, -0.2) is 46.0 Å². The smallest absolute Gasteiger partial charge is 0.308 e. The number of aliphatic hydroxyl groups is 2. The first-order chi connectivity index (χ1) is 21.2. The van der Waals surface area contributed by atoms with Gasteiger partial charge in [0.15, 0.2) is 6.19 Å². The normalized spacial score (nSPS) is 12.4. The fourth-order valence-electron chi connectivity index (χ4n) is 5.47. The van der Waals surface area contributed by atoms with Crippen LogP contribution < -0.4 is 4.90 Å². The van der Waals surface area contributed by atoms with Gasteiger partial charge >= 0.3 is 5.97 Å². The van der Waals surface area contributed by atoms with Crippen molar-refractivity contribution in [2.45, 2.75) is 57.8 Å². The molecule has 0 aliphatic carbocycles. The van der Waals surface area contributed by atoms with E-state index < -0.39 is 29.9 Å². The monoisotopic (exact) mass is 597 g/mol. The minimum Gasteiger partial charge on any atom is -0.469 e. The third-order valence-electron chi connectivity index (χ3n) is 7.43. The Morgan fingerprint density at radius 2 is 1.50 bits per heavy atom. The average Bonchev–Trinajstić information content (AvgIpc) is 3.37. The van der Waals surface area contributed by atoms with Crippen LogP contribution in [0.2, 0.25) is 0 Å². The molecule has 0 saturated heterocycles. The lowest BCUT2D eigenvalue weighted by Crippen LogP contribution is -2.29. The number of aromatic nitrogens is 1. The van der Waals surface area contributed by atoms with Gasteiger partial charge < -0.3 is 19.5 Å². The van der Waals surface area contributed by atoms with Crippen molar-refractivity contribution >= 4 is 17.6 Å². The van der Waals surface area contributed by atoms with E-state index in [4.69, 9.17) is 0 Å². The van der Waals surface area contributed by atoms with Gasteiger partial charge in [0, 0.05) is 22.9 Å². The fraction of sp³-hybridized carbons (Fsp3) is 0.286. The molecule has 1 amide bonds. The lowest BCUT2D eigenvalue weighted by Gasteiger charge is -2.21. The second-order valence-corrected chi connectivity index (χ2v) is 10.8. The van der Waals surface area contributed by atoms with Gasteiger partial charge in [-0.25, -0.2) is 9.29 Å². The zero-order valence-electron chi connectivity index (χ0n) is 25.0. The van der Waals surface area contributed by atoms with Gasteiger partial charge in [-0.3, -0.25) is 9.59 Å². The number of methoxy groups -OCH3 is 1. The number of benzene rings is 3. The molecular formula is C35H36FN3O5. The van der Waals surface area contributed by atoms with Crippen LogP contribution >= 0.6 is 0 Å². The fourth-order valence-corrected chi connectivity index (χ4v) is 5.47. The zero-order valence-corrected chi connectivity index (χ0v) is 25.0. The highest BCUT2D eigenvalue weighted by molar-refractivity contribution is 6.13. The van der Waals surface area contributed by atoms with Crippen LogP contribution in [0.15, 0.2) is 84.9 Å². The van der Waals surface area contributed by atoms with Crippen molar-refractivity contribution in [2.24, 2.45) is 0 Å². The summed E-state index contributed by atoms with van der Waals surface area (Å²) in [5.74, 6) is -1.52. The molecule has 9 heteroatoms. The summed E-state index contributed by atoms with van der Waals surface area (Å²) in [7, 11) is 1.23. The predicted octanol–water partition coefficient (Wildman–Crippen LogP) is 6.28. The van der Waals surface area contributed by atoms with Crippen LogP contribution in [-0.2, 0) is 16.0 Å². The van der Waals surface area contributed by atoms with Gasteiger partial charge in [0.25, 0.3) is 5.91 Å². The molecule has 44 heavy (non-hydrogen) atoms.